The van der Waals surface area contributed by atoms with Crippen LogP contribution < -0.4 is 0 Å². The summed E-state index contributed by atoms with van der Waals surface area (Å²) in [6.07, 6.45) is 4.57. The maximum atomic E-state index is 13.6. The Hall–Kier alpha value is -1.49. The van der Waals surface area contributed by atoms with Crippen LogP contribution in [-0.4, -0.2) is 15.3 Å². The van der Waals surface area contributed by atoms with Crippen molar-refractivity contribution in [2.75, 3.05) is 0 Å². The molecule has 1 aromatic heterocycles. The Morgan fingerprint density at radius 1 is 1.47 bits per heavy atom. The van der Waals surface area contributed by atoms with Crippen molar-refractivity contribution in [3.63, 3.8) is 0 Å². The Bertz CT molecular complexity index is 595. The number of carbonyl (C=O) groups is 1. The third-order valence-electron chi connectivity index (χ3n) is 2.81. The number of halogens is 2. The summed E-state index contributed by atoms with van der Waals surface area (Å²) in [5.74, 6) is -0.0876. The van der Waals surface area contributed by atoms with Crippen molar-refractivity contribution in [1.82, 2.24) is 9.55 Å². The number of Topliss-reactive ketones (excluding diaryl/α,β-unsaturated/α-hetero) is 1. The molecule has 100 valence electrons. The Balaban J connectivity index is 2.21. The number of imidazole rings is 1. The third-order valence-corrected chi connectivity index (χ3v) is 3.31. The zero-order valence-electron chi connectivity index (χ0n) is 10.6. The molecule has 0 saturated heterocycles. The Morgan fingerprint density at radius 3 is 3.00 bits per heavy atom. The van der Waals surface area contributed by atoms with Crippen LogP contribution in [0.25, 0.3) is 0 Å². The molecule has 0 radical (unpaired) electrons. The van der Waals surface area contributed by atoms with E-state index in [-0.39, 0.29) is 17.8 Å². The molecule has 0 N–H and O–H groups in total. The molecule has 0 spiro atoms. The van der Waals surface area contributed by atoms with Gasteiger partial charge >= 0.3 is 0 Å². The molecule has 2 rings (SSSR count). The lowest BCUT2D eigenvalue weighted by Gasteiger charge is -2.06. The second-order valence-electron chi connectivity index (χ2n) is 4.26. The fourth-order valence-electron chi connectivity index (χ4n) is 1.90. The summed E-state index contributed by atoms with van der Waals surface area (Å²) in [5, 5.41) is 0. The third kappa shape index (κ3) is 3.29. The Kier molecular flexibility index (Phi) is 4.47. The predicted molar refractivity (Wildman–Crippen MR) is 74.7 cm³/mol. The quantitative estimate of drug-likeness (QED) is 0.787. The molecule has 0 fully saturated rings. The van der Waals surface area contributed by atoms with Crippen LogP contribution in [0.5, 0.6) is 0 Å². The normalized spacial score (nSPS) is 10.7. The summed E-state index contributed by atoms with van der Waals surface area (Å²) in [6.45, 7) is 2.86. The van der Waals surface area contributed by atoms with Gasteiger partial charge in [0.2, 0.25) is 0 Å². The SMILES string of the molecule is CCCn1ccnc1CC(=O)c1cc(Br)ccc1F. The first kappa shape index (κ1) is 13.9. The van der Waals surface area contributed by atoms with E-state index in [0.717, 1.165) is 13.0 Å². The van der Waals surface area contributed by atoms with Gasteiger partial charge in [-0.15, -0.1) is 0 Å². The minimum absolute atomic E-state index is 0.0976. The standard InChI is InChI=1S/C14H14BrFN2O/c1-2-6-18-7-5-17-14(18)9-13(19)11-8-10(15)3-4-12(11)16/h3-5,7-8H,2,6,9H2,1H3. The monoisotopic (exact) mass is 324 g/mol. The van der Waals surface area contributed by atoms with Crippen LogP contribution in [0.2, 0.25) is 0 Å². The van der Waals surface area contributed by atoms with Crippen LogP contribution in [0, 0.1) is 5.82 Å². The summed E-state index contributed by atoms with van der Waals surface area (Å²) < 4.78 is 16.2. The lowest BCUT2D eigenvalue weighted by atomic mass is 10.1. The molecular weight excluding hydrogens is 311 g/mol. The van der Waals surface area contributed by atoms with E-state index in [0.29, 0.717) is 10.3 Å². The molecule has 5 heteroatoms. The number of aryl methyl sites for hydroxylation is 1. The molecule has 0 saturated carbocycles. The van der Waals surface area contributed by atoms with Crippen molar-refractivity contribution in [3.05, 3.63) is 52.3 Å². The first-order chi connectivity index (χ1) is 9.11. The number of hydrogen-bond donors (Lipinski definition) is 0. The number of carbonyl (C=O) groups excluding carboxylic acids is 1. The van der Waals surface area contributed by atoms with Gasteiger partial charge in [-0.25, -0.2) is 9.37 Å². The molecule has 0 aliphatic carbocycles. The van der Waals surface area contributed by atoms with Crippen LogP contribution in [0.15, 0.2) is 35.1 Å². The number of aromatic nitrogens is 2. The van der Waals surface area contributed by atoms with Crippen molar-refractivity contribution < 1.29 is 9.18 Å². The lowest BCUT2D eigenvalue weighted by molar-refractivity contribution is 0.0985. The summed E-state index contributed by atoms with van der Waals surface area (Å²) in [4.78, 5) is 16.3. The van der Waals surface area contributed by atoms with Gasteiger partial charge in [-0.2, -0.15) is 0 Å². The first-order valence-electron chi connectivity index (χ1n) is 6.10. The molecule has 1 aromatic carbocycles. The highest BCUT2D eigenvalue weighted by Gasteiger charge is 2.15. The largest absolute Gasteiger partial charge is 0.335 e. The van der Waals surface area contributed by atoms with E-state index in [9.17, 15) is 9.18 Å². The molecule has 0 atom stereocenters. The van der Waals surface area contributed by atoms with Crippen molar-refractivity contribution in [2.45, 2.75) is 26.3 Å². The maximum absolute atomic E-state index is 13.6. The smallest absolute Gasteiger partial charge is 0.173 e. The molecule has 19 heavy (non-hydrogen) atoms. The highest BCUT2D eigenvalue weighted by atomic mass is 79.9. The molecule has 2 aromatic rings. The molecular formula is C14H14BrFN2O. The van der Waals surface area contributed by atoms with Crippen molar-refractivity contribution in [3.8, 4) is 0 Å². The average Bonchev–Trinajstić information content (AvgIpc) is 2.80. The maximum Gasteiger partial charge on any atom is 0.173 e. The van der Waals surface area contributed by atoms with Gasteiger partial charge in [0.1, 0.15) is 11.6 Å². The minimum Gasteiger partial charge on any atom is -0.335 e. The highest BCUT2D eigenvalue weighted by Crippen LogP contribution is 2.17. The van der Waals surface area contributed by atoms with E-state index in [4.69, 9.17) is 0 Å². The van der Waals surface area contributed by atoms with E-state index in [1.54, 1.807) is 12.3 Å². The molecule has 1 heterocycles. The van der Waals surface area contributed by atoms with Gasteiger partial charge in [-0.3, -0.25) is 4.79 Å². The molecule has 0 bridgehead atoms. The van der Waals surface area contributed by atoms with Gasteiger partial charge in [-0.05, 0) is 24.6 Å². The van der Waals surface area contributed by atoms with E-state index >= 15 is 0 Å². The number of hydrogen-bond acceptors (Lipinski definition) is 2. The molecule has 0 unspecified atom stereocenters. The van der Waals surface area contributed by atoms with E-state index in [2.05, 4.69) is 27.8 Å². The fourth-order valence-corrected chi connectivity index (χ4v) is 2.26. The summed E-state index contributed by atoms with van der Waals surface area (Å²) >= 11 is 3.24. The molecule has 0 aliphatic heterocycles. The van der Waals surface area contributed by atoms with Gasteiger partial charge in [0.25, 0.3) is 0 Å². The topological polar surface area (TPSA) is 34.9 Å². The van der Waals surface area contributed by atoms with E-state index < -0.39 is 5.82 Å². The first-order valence-corrected chi connectivity index (χ1v) is 6.89. The van der Waals surface area contributed by atoms with E-state index in [1.807, 2.05) is 10.8 Å². The van der Waals surface area contributed by atoms with Gasteiger partial charge in [-0.1, -0.05) is 22.9 Å². The number of nitrogens with zero attached hydrogens (tertiary/aromatic N) is 2. The van der Waals surface area contributed by atoms with Gasteiger partial charge in [0.05, 0.1) is 12.0 Å². The molecule has 0 amide bonds. The summed E-state index contributed by atoms with van der Waals surface area (Å²) in [7, 11) is 0. The molecule has 3 nitrogen and oxygen atoms in total. The minimum atomic E-state index is -0.498. The zero-order chi connectivity index (χ0) is 13.8. The lowest BCUT2D eigenvalue weighted by Crippen LogP contribution is -2.11. The Labute approximate surface area is 119 Å². The number of ketones is 1. The fraction of sp³-hybridized carbons (Fsp3) is 0.286. The van der Waals surface area contributed by atoms with E-state index in [1.165, 1.54) is 12.1 Å². The van der Waals surface area contributed by atoms with Gasteiger partial charge in [0, 0.05) is 23.4 Å². The predicted octanol–water partition coefficient (Wildman–Crippen LogP) is 3.62. The zero-order valence-corrected chi connectivity index (χ0v) is 12.2. The van der Waals surface area contributed by atoms with Crippen LogP contribution in [0.3, 0.4) is 0 Å². The van der Waals surface area contributed by atoms with Crippen molar-refractivity contribution in [1.29, 1.82) is 0 Å². The van der Waals surface area contributed by atoms with Crippen LogP contribution in [-0.2, 0) is 13.0 Å². The highest BCUT2D eigenvalue weighted by molar-refractivity contribution is 9.10. The second kappa shape index (κ2) is 6.10. The summed E-state index contributed by atoms with van der Waals surface area (Å²) in [6, 6.07) is 4.37. The van der Waals surface area contributed by atoms with Crippen molar-refractivity contribution in [2.24, 2.45) is 0 Å². The Morgan fingerprint density at radius 2 is 2.26 bits per heavy atom. The van der Waals surface area contributed by atoms with Gasteiger partial charge in [0.15, 0.2) is 5.78 Å². The summed E-state index contributed by atoms with van der Waals surface area (Å²) in [5.41, 5.74) is 0.0976. The number of rotatable bonds is 5. The van der Waals surface area contributed by atoms with Gasteiger partial charge < -0.3 is 4.57 Å². The molecule has 0 aliphatic rings. The van der Waals surface area contributed by atoms with Crippen LogP contribution in [0.1, 0.15) is 29.5 Å². The second-order valence-corrected chi connectivity index (χ2v) is 5.18. The number of benzene rings is 1. The van der Waals surface area contributed by atoms with Crippen LogP contribution in [0.4, 0.5) is 4.39 Å². The van der Waals surface area contributed by atoms with Crippen molar-refractivity contribution >= 4 is 21.7 Å². The average molecular weight is 325 g/mol. The van der Waals surface area contributed by atoms with Crippen LogP contribution >= 0.6 is 15.9 Å².